The van der Waals surface area contributed by atoms with E-state index in [9.17, 15) is 9.59 Å². The van der Waals surface area contributed by atoms with E-state index in [1.807, 2.05) is 42.5 Å². The van der Waals surface area contributed by atoms with Crippen molar-refractivity contribution in [1.82, 2.24) is 15.5 Å². The van der Waals surface area contributed by atoms with Crippen LogP contribution in [0.3, 0.4) is 0 Å². The molecule has 2 N–H and O–H groups in total. The first-order valence-electron chi connectivity index (χ1n) is 11.1. The molecule has 1 heterocycles. The van der Waals surface area contributed by atoms with Crippen LogP contribution in [-0.4, -0.2) is 42.9 Å². The summed E-state index contributed by atoms with van der Waals surface area (Å²) in [5.41, 5.74) is 2.39. The number of nitrogens with one attached hydrogen (secondary N) is 2. The van der Waals surface area contributed by atoms with Gasteiger partial charge in [-0.1, -0.05) is 48.9 Å². The molecule has 1 aliphatic heterocycles. The number of carbonyl (C=O) groups is 2. The summed E-state index contributed by atoms with van der Waals surface area (Å²) in [5.74, 6) is 0.0611. The molecule has 0 aromatic heterocycles. The molecule has 0 radical (unpaired) electrons. The first kappa shape index (κ1) is 20.6. The quantitative estimate of drug-likeness (QED) is 0.709. The van der Waals surface area contributed by atoms with E-state index in [0.717, 1.165) is 50.0 Å². The molecule has 2 fully saturated rings. The highest BCUT2D eigenvalue weighted by molar-refractivity contribution is 5.94. The standard InChI is InChI=1S/C25H31N3O2/c29-23(26-15-18-28-16-4-5-17-28)21-11-9-20(10-12-21)19-27-24(30)25(13-6-14-25)22-7-2-1-3-8-22/h1-3,7-12H,4-6,13-19H2,(H,26,29)(H,27,30). The second-order valence-electron chi connectivity index (χ2n) is 8.49. The summed E-state index contributed by atoms with van der Waals surface area (Å²) in [5, 5.41) is 6.11. The fourth-order valence-electron chi connectivity index (χ4n) is 4.50. The molecular weight excluding hydrogens is 374 g/mol. The third-order valence-electron chi connectivity index (χ3n) is 6.55. The molecule has 158 valence electrons. The lowest BCUT2D eigenvalue weighted by Crippen LogP contribution is -2.48. The van der Waals surface area contributed by atoms with Gasteiger partial charge < -0.3 is 15.5 Å². The van der Waals surface area contributed by atoms with Gasteiger partial charge >= 0.3 is 0 Å². The van der Waals surface area contributed by atoms with Gasteiger partial charge in [-0.25, -0.2) is 0 Å². The molecule has 2 amide bonds. The Balaban J connectivity index is 1.27. The summed E-state index contributed by atoms with van der Waals surface area (Å²) in [7, 11) is 0. The summed E-state index contributed by atoms with van der Waals surface area (Å²) in [6.45, 7) is 4.35. The van der Waals surface area contributed by atoms with Crippen LogP contribution in [0.25, 0.3) is 0 Å². The second-order valence-corrected chi connectivity index (χ2v) is 8.49. The Morgan fingerprint density at radius 1 is 0.867 bits per heavy atom. The zero-order valence-electron chi connectivity index (χ0n) is 17.5. The maximum Gasteiger partial charge on any atom is 0.251 e. The van der Waals surface area contributed by atoms with E-state index in [2.05, 4.69) is 27.7 Å². The Bertz CT molecular complexity index is 854. The van der Waals surface area contributed by atoms with Crippen molar-refractivity contribution in [1.29, 1.82) is 0 Å². The van der Waals surface area contributed by atoms with Crippen LogP contribution in [0, 0.1) is 0 Å². The third-order valence-corrected chi connectivity index (χ3v) is 6.55. The Kier molecular flexibility index (Phi) is 6.48. The fraction of sp³-hybridized carbons (Fsp3) is 0.440. The zero-order chi connectivity index (χ0) is 20.8. The summed E-state index contributed by atoms with van der Waals surface area (Å²) in [6, 6.07) is 17.6. The van der Waals surface area contributed by atoms with Gasteiger partial charge in [0.2, 0.25) is 5.91 Å². The van der Waals surface area contributed by atoms with Crippen molar-refractivity contribution in [2.45, 2.75) is 44.1 Å². The molecule has 0 unspecified atom stereocenters. The second kappa shape index (κ2) is 9.43. The van der Waals surface area contributed by atoms with Gasteiger partial charge in [-0.15, -0.1) is 0 Å². The number of benzene rings is 2. The van der Waals surface area contributed by atoms with Gasteiger partial charge in [0.15, 0.2) is 0 Å². The normalized spacial score (nSPS) is 17.9. The molecule has 4 rings (SSSR count). The monoisotopic (exact) mass is 405 g/mol. The van der Waals surface area contributed by atoms with E-state index < -0.39 is 0 Å². The molecule has 0 spiro atoms. The molecule has 0 atom stereocenters. The van der Waals surface area contributed by atoms with Crippen LogP contribution < -0.4 is 10.6 Å². The first-order valence-corrected chi connectivity index (χ1v) is 11.1. The Labute approximate surface area is 178 Å². The number of hydrogen-bond acceptors (Lipinski definition) is 3. The molecule has 1 saturated carbocycles. The zero-order valence-corrected chi connectivity index (χ0v) is 17.5. The van der Waals surface area contributed by atoms with Crippen molar-refractivity contribution in [3.8, 4) is 0 Å². The van der Waals surface area contributed by atoms with Crippen molar-refractivity contribution in [2.75, 3.05) is 26.2 Å². The van der Waals surface area contributed by atoms with E-state index in [1.54, 1.807) is 0 Å². The summed E-state index contributed by atoms with van der Waals surface area (Å²) in [6.07, 6.45) is 5.42. The van der Waals surface area contributed by atoms with Crippen molar-refractivity contribution in [3.05, 3.63) is 71.3 Å². The van der Waals surface area contributed by atoms with Crippen molar-refractivity contribution in [3.63, 3.8) is 0 Å². The number of rotatable bonds is 8. The van der Waals surface area contributed by atoms with Crippen LogP contribution in [0.2, 0.25) is 0 Å². The summed E-state index contributed by atoms with van der Waals surface area (Å²) >= 11 is 0. The summed E-state index contributed by atoms with van der Waals surface area (Å²) in [4.78, 5) is 27.7. The van der Waals surface area contributed by atoms with Crippen molar-refractivity contribution in [2.24, 2.45) is 0 Å². The van der Waals surface area contributed by atoms with Gasteiger partial charge in [-0.2, -0.15) is 0 Å². The number of nitrogens with zero attached hydrogens (tertiary/aromatic N) is 1. The Morgan fingerprint density at radius 2 is 1.57 bits per heavy atom. The number of hydrogen-bond donors (Lipinski definition) is 2. The minimum atomic E-state index is -0.379. The predicted molar refractivity (Wildman–Crippen MR) is 118 cm³/mol. The lowest BCUT2D eigenvalue weighted by molar-refractivity contribution is -0.130. The maximum atomic E-state index is 12.9. The minimum absolute atomic E-state index is 0.0396. The van der Waals surface area contributed by atoms with Gasteiger partial charge in [0.05, 0.1) is 5.41 Å². The van der Waals surface area contributed by atoms with E-state index in [-0.39, 0.29) is 17.2 Å². The van der Waals surface area contributed by atoms with Crippen LogP contribution >= 0.6 is 0 Å². The number of carbonyl (C=O) groups excluding carboxylic acids is 2. The van der Waals surface area contributed by atoms with Gasteiger partial charge in [-0.3, -0.25) is 9.59 Å². The topological polar surface area (TPSA) is 61.4 Å². The molecule has 1 saturated heterocycles. The van der Waals surface area contributed by atoms with Gasteiger partial charge in [0.25, 0.3) is 5.91 Å². The predicted octanol–water partition coefficient (Wildman–Crippen LogP) is 3.25. The molecule has 0 bridgehead atoms. The lowest BCUT2D eigenvalue weighted by Gasteiger charge is -2.40. The minimum Gasteiger partial charge on any atom is -0.351 e. The molecular formula is C25H31N3O2. The Hall–Kier alpha value is -2.66. The van der Waals surface area contributed by atoms with Crippen LogP contribution in [0.5, 0.6) is 0 Å². The fourth-order valence-corrected chi connectivity index (χ4v) is 4.50. The largest absolute Gasteiger partial charge is 0.351 e. The molecule has 5 heteroatoms. The smallest absolute Gasteiger partial charge is 0.251 e. The van der Waals surface area contributed by atoms with Gasteiger partial charge in [0.1, 0.15) is 0 Å². The van der Waals surface area contributed by atoms with Crippen LogP contribution in [0.15, 0.2) is 54.6 Å². The van der Waals surface area contributed by atoms with Gasteiger partial charge in [-0.05, 0) is 62.0 Å². The average molecular weight is 406 g/mol. The highest BCUT2D eigenvalue weighted by atomic mass is 16.2. The molecule has 30 heavy (non-hydrogen) atoms. The molecule has 2 aliphatic rings. The van der Waals surface area contributed by atoms with E-state index in [0.29, 0.717) is 18.7 Å². The number of likely N-dealkylation sites (tertiary alicyclic amines) is 1. The van der Waals surface area contributed by atoms with Crippen LogP contribution in [-0.2, 0) is 16.8 Å². The lowest BCUT2D eigenvalue weighted by atomic mass is 9.64. The number of amides is 2. The maximum absolute atomic E-state index is 12.9. The van der Waals surface area contributed by atoms with Crippen LogP contribution in [0.4, 0.5) is 0 Å². The molecule has 2 aromatic carbocycles. The van der Waals surface area contributed by atoms with E-state index in [4.69, 9.17) is 0 Å². The highest BCUT2D eigenvalue weighted by Crippen LogP contribution is 2.43. The van der Waals surface area contributed by atoms with E-state index >= 15 is 0 Å². The average Bonchev–Trinajstić information content (AvgIpc) is 3.26. The molecule has 2 aromatic rings. The first-order chi connectivity index (χ1) is 14.7. The highest BCUT2D eigenvalue weighted by Gasteiger charge is 2.45. The summed E-state index contributed by atoms with van der Waals surface area (Å²) < 4.78 is 0. The van der Waals surface area contributed by atoms with Crippen LogP contribution in [0.1, 0.15) is 53.6 Å². The third kappa shape index (κ3) is 4.57. The van der Waals surface area contributed by atoms with E-state index in [1.165, 1.54) is 12.8 Å². The molecule has 1 aliphatic carbocycles. The Morgan fingerprint density at radius 3 is 2.20 bits per heavy atom. The van der Waals surface area contributed by atoms with Crippen molar-refractivity contribution >= 4 is 11.8 Å². The van der Waals surface area contributed by atoms with Crippen molar-refractivity contribution < 1.29 is 9.59 Å². The SMILES string of the molecule is O=C(NCCN1CCCC1)c1ccc(CNC(=O)C2(c3ccccc3)CCC2)cc1. The molecule has 5 nitrogen and oxygen atoms in total. The van der Waals surface area contributed by atoms with Gasteiger partial charge in [0, 0.05) is 25.2 Å².